The van der Waals surface area contributed by atoms with Crippen molar-refractivity contribution in [3.05, 3.63) is 52.0 Å². The van der Waals surface area contributed by atoms with E-state index in [-0.39, 0.29) is 34.8 Å². The number of rotatable bonds is 9. The Hall–Kier alpha value is -4.12. The normalized spacial score (nSPS) is 10.2. The van der Waals surface area contributed by atoms with Gasteiger partial charge in [-0.2, -0.15) is 10.5 Å². The number of nitrogens with one attached hydrogen (secondary N) is 1. The van der Waals surface area contributed by atoms with E-state index in [9.17, 15) is 15.3 Å². The third kappa shape index (κ3) is 6.00. The van der Waals surface area contributed by atoms with Crippen molar-refractivity contribution in [3.8, 4) is 40.5 Å². The molecule has 11 heteroatoms. The average Bonchev–Trinajstić information content (AvgIpc) is 2.89. The Morgan fingerprint density at radius 1 is 1.08 bits per heavy atom. The summed E-state index contributed by atoms with van der Waals surface area (Å²) in [6.07, 6.45) is 0.141. The Morgan fingerprint density at radius 3 is 2.27 bits per heavy atom. The Kier molecular flexibility index (Phi) is 9.07. The molecule has 0 saturated heterocycles. The van der Waals surface area contributed by atoms with Crippen molar-refractivity contribution in [2.24, 2.45) is 0 Å². The molecule has 0 atom stereocenters. The Balaban J connectivity index is 1.93. The van der Waals surface area contributed by atoms with E-state index in [0.29, 0.717) is 44.3 Å². The van der Waals surface area contributed by atoms with Gasteiger partial charge in [0.15, 0.2) is 11.5 Å². The van der Waals surface area contributed by atoms with E-state index in [1.807, 2.05) is 19.1 Å². The molecule has 0 fully saturated rings. The highest BCUT2D eigenvalue weighted by atomic mass is 35.5. The summed E-state index contributed by atoms with van der Waals surface area (Å²) in [7, 11) is 4.41. The summed E-state index contributed by atoms with van der Waals surface area (Å²) in [6, 6.07) is 12.7. The molecule has 3 rings (SSSR count). The molecule has 2 aromatic carbocycles. The number of pyridine rings is 1. The van der Waals surface area contributed by atoms with Crippen molar-refractivity contribution in [1.29, 1.82) is 10.5 Å². The van der Waals surface area contributed by atoms with Crippen LogP contribution in [0.1, 0.15) is 23.1 Å². The lowest BCUT2D eigenvalue weighted by atomic mass is 9.96. The van der Waals surface area contributed by atoms with Crippen LogP contribution >= 0.6 is 23.4 Å². The molecule has 0 aliphatic carbocycles. The van der Waals surface area contributed by atoms with E-state index in [1.54, 1.807) is 24.3 Å². The average molecular weight is 538 g/mol. The van der Waals surface area contributed by atoms with Crippen LogP contribution in [0.5, 0.6) is 17.2 Å². The zero-order valence-electron chi connectivity index (χ0n) is 20.6. The molecule has 0 bridgehead atoms. The zero-order chi connectivity index (χ0) is 27.1. The van der Waals surface area contributed by atoms with Crippen LogP contribution in [0, 0.1) is 29.6 Å². The molecule has 0 saturated carbocycles. The molecule has 37 heavy (non-hydrogen) atoms. The number of nitriles is 2. The maximum atomic E-state index is 12.5. The summed E-state index contributed by atoms with van der Waals surface area (Å²) < 4.78 is 16.2. The summed E-state index contributed by atoms with van der Waals surface area (Å²) in [5, 5.41) is 23.5. The van der Waals surface area contributed by atoms with Crippen LogP contribution < -0.4 is 25.3 Å². The number of nitrogens with zero attached hydrogens (tertiary/aromatic N) is 3. The highest BCUT2D eigenvalue weighted by molar-refractivity contribution is 7.99. The van der Waals surface area contributed by atoms with Gasteiger partial charge in [-0.15, -0.1) is 11.8 Å². The number of hydrogen-bond donors (Lipinski definition) is 2. The fraction of sp³-hybridized carbons (Fsp3) is 0.231. The molecular formula is C26H24ClN5O4S. The minimum Gasteiger partial charge on any atom is -0.493 e. The van der Waals surface area contributed by atoms with Crippen LogP contribution in [0.4, 0.5) is 11.5 Å². The molecule has 190 valence electrons. The van der Waals surface area contributed by atoms with Gasteiger partial charge in [0, 0.05) is 28.4 Å². The molecule has 1 amide bonds. The number of aromatic nitrogens is 1. The minimum absolute atomic E-state index is 0.0356. The molecule has 0 spiro atoms. The van der Waals surface area contributed by atoms with Crippen LogP contribution in [0.25, 0.3) is 11.1 Å². The van der Waals surface area contributed by atoms with Crippen LogP contribution in [0.3, 0.4) is 0 Å². The lowest BCUT2D eigenvalue weighted by Crippen LogP contribution is -2.12. The second-order valence-electron chi connectivity index (χ2n) is 7.68. The third-order valence-corrected chi connectivity index (χ3v) is 6.78. The third-order valence-electron chi connectivity index (χ3n) is 5.39. The molecule has 0 unspecified atom stereocenters. The van der Waals surface area contributed by atoms with Gasteiger partial charge in [0.25, 0.3) is 0 Å². The van der Waals surface area contributed by atoms with Crippen molar-refractivity contribution >= 4 is 40.8 Å². The predicted molar refractivity (Wildman–Crippen MR) is 143 cm³/mol. The van der Waals surface area contributed by atoms with E-state index in [4.69, 9.17) is 31.5 Å². The first-order chi connectivity index (χ1) is 17.8. The second kappa shape index (κ2) is 12.2. The number of methoxy groups -OCH3 is 3. The summed E-state index contributed by atoms with van der Waals surface area (Å²) in [5.74, 6) is 1.11. The SMILES string of the molecule is COc1cc(-c2c(C#N)c(N)nc(SCCC(=O)Nc3ccc(C)c(Cl)c3)c2C#N)cc(OC)c1OC. The number of carbonyl (C=O) groups is 1. The number of amides is 1. The number of nitrogen functional groups attached to an aromatic ring is 1. The van der Waals surface area contributed by atoms with E-state index >= 15 is 0 Å². The molecule has 9 nitrogen and oxygen atoms in total. The van der Waals surface area contributed by atoms with Crippen molar-refractivity contribution in [2.75, 3.05) is 38.1 Å². The van der Waals surface area contributed by atoms with Gasteiger partial charge in [-0.1, -0.05) is 17.7 Å². The summed E-state index contributed by atoms with van der Waals surface area (Å²) >= 11 is 7.31. The molecule has 1 heterocycles. The molecule has 3 N–H and O–H groups in total. The number of thioether (sulfide) groups is 1. The second-order valence-corrected chi connectivity index (χ2v) is 9.17. The lowest BCUT2D eigenvalue weighted by Gasteiger charge is -2.17. The highest BCUT2D eigenvalue weighted by Gasteiger charge is 2.23. The van der Waals surface area contributed by atoms with Crippen molar-refractivity contribution in [3.63, 3.8) is 0 Å². The maximum Gasteiger partial charge on any atom is 0.225 e. The molecular weight excluding hydrogens is 514 g/mol. The van der Waals surface area contributed by atoms with E-state index in [1.165, 1.54) is 33.1 Å². The van der Waals surface area contributed by atoms with Gasteiger partial charge in [-0.3, -0.25) is 4.79 Å². The van der Waals surface area contributed by atoms with Gasteiger partial charge in [0.1, 0.15) is 28.5 Å². The summed E-state index contributed by atoms with van der Waals surface area (Å²) in [4.78, 5) is 16.7. The summed E-state index contributed by atoms with van der Waals surface area (Å²) in [5.41, 5.74) is 8.57. The van der Waals surface area contributed by atoms with E-state index in [0.717, 1.165) is 5.56 Å². The standard InChI is InChI=1S/C26H24ClN5O4S/c1-14-5-6-16(11-19(14)27)31-22(33)7-8-37-26-18(13-29)23(17(12-28)25(30)32-26)15-9-20(34-2)24(36-4)21(10-15)35-3/h5-6,9-11H,7-8H2,1-4H3,(H2,30,32)(H,31,33). The molecule has 0 radical (unpaired) electrons. The van der Waals surface area contributed by atoms with Crippen molar-refractivity contribution in [1.82, 2.24) is 4.98 Å². The van der Waals surface area contributed by atoms with Gasteiger partial charge in [0.2, 0.25) is 11.7 Å². The smallest absolute Gasteiger partial charge is 0.225 e. The maximum absolute atomic E-state index is 12.5. The number of anilines is 2. The largest absolute Gasteiger partial charge is 0.493 e. The summed E-state index contributed by atoms with van der Waals surface area (Å²) in [6.45, 7) is 1.88. The molecule has 0 aliphatic rings. The monoisotopic (exact) mass is 537 g/mol. The number of ether oxygens (including phenoxy) is 3. The minimum atomic E-state index is -0.225. The molecule has 3 aromatic rings. The fourth-order valence-electron chi connectivity index (χ4n) is 3.55. The van der Waals surface area contributed by atoms with Gasteiger partial charge in [0.05, 0.1) is 26.9 Å². The van der Waals surface area contributed by atoms with Crippen LogP contribution in [0.2, 0.25) is 5.02 Å². The van der Waals surface area contributed by atoms with Gasteiger partial charge in [-0.05, 0) is 42.3 Å². The van der Waals surface area contributed by atoms with Gasteiger partial charge in [-0.25, -0.2) is 4.98 Å². The zero-order valence-corrected chi connectivity index (χ0v) is 22.2. The first-order valence-electron chi connectivity index (χ1n) is 10.9. The Morgan fingerprint density at radius 2 is 1.73 bits per heavy atom. The topological polar surface area (TPSA) is 143 Å². The molecule has 1 aromatic heterocycles. The lowest BCUT2D eigenvalue weighted by molar-refractivity contribution is -0.115. The van der Waals surface area contributed by atoms with Gasteiger partial charge < -0.3 is 25.3 Å². The van der Waals surface area contributed by atoms with Crippen molar-refractivity contribution < 1.29 is 19.0 Å². The fourth-order valence-corrected chi connectivity index (χ4v) is 4.67. The number of nitrogens with two attached hydrogens (primary N) is 1. The van der Waals surface area contributed by atoms with E-state index in [2.05, 4.69) is 16.4 Å². The first-order valence-corrected chi connectivity index (χ1v) is 12.3. The highest BCUT2D eigenvalue weighted by Crippen LogP contribution is 2.44. The Labute approximate surface area is 224 Å². The predicted octanol–water partition coefficient (Wildman–Crippen LogP) is 5.18. The number of aryl methyl sites for hydroxylation is 1. The molecule has 0 aliphatic heterocycles. The van der Waals surface area contributed by atoms with Crippen LogP contribution in [-0.2, 0) is 4.79 Å². The van der Waals surface area contributed by atoms with Gasteiger partial charge >= 0.3 is 0 Å². The van der Waals surface area contributed by atoms with Crippen LogP contribution in [-0.4, -0.2) is 38.0 Å². The number of benzene rings is 2. The number of halogens is 1. The van der Waals surface area contributed by atoms with Crippen molar-refractivity contribution in [2.45, 2.75) is 18.4 Å². The van der Waals surface area contributed by atoms with E-state index < -0.39 is 0 Å². The quantitative estimate of drug-likeness (QED) is 0.352. The number of hydrogen-bond acceptors (Lipinski definition) is 9. The number of carbonyl (C=O) groups excluding carboxylic acids is 1. The van der Waals surface area contributed by atoms with Crippen LogP contribution in [0.15, 0.2) is 35.4 Å². The Bertz CT molecular complexity index is 1410. The first kappa shape index (κ1) is 27.5.